The first-order valence-electron chi connectivity index (χ1n) is 11.5. The van der Waals surface area contributed by atoms with Crippen LogP contribution in [0.3, 0.4) is 0 Å². The monoisotopic (exact) mass is 480 g/mol. The van der Waals surface area contributed by atoms with Crippen molar-refractivity contribution in [3.05, 3.63) is 30.3 Å². The van der Waals surface area contributed by atoms with E-state index in [0.717, 1.165) is 0 Å². The van der Waals surface area contributed by atoms with Crippen molar-refractivity contribution in [2.24, 2.45) is 0 Å². The summed E-state index contributed by atoms with van der Waals surface area (Å²) in [4.78, 5) is 38.4. The summed E-state index contributed by atoms with van der Waals surface area (Å²) < 4.78 is 15.9. The van der Waals surface area contributed by atoms with E-state index in [2.05, 4.69) is 16.0 Å². The Hall–Kier alpha value is -3.01. The topological polar surface area (TPSA) is 118 Å². The number of ether oxygens (including phenoxy) is 3. The molecule has 3 N–H and O–H groups in total. The van der Waals surface area contributed by atoms with Crippen LogP contribution in [0.1, 0.15) is 47.5 Å². The van der Waals surface area contributed by atoms with Gasteiger partial charge in [-0.15, -0.1) is 0 Å². The standard InChI is InChI=1S/C24H40N4O6/c1-18(2)26-21(29)28(15-11-10-14-25-22(30)34-24(3,4)5)16-20(17-32-6)33-23(31)27-19-12-8-7-9-13-19/h7-9,12-13,18,20H,10-11,14-17H2,1-6H3,(H,25,30)(H,26,29)(H,27,31)/t20-/m1/s1. The van der Waals surface area contributed by atoms with Gasteiger partial charge in [0.05, 0.1) is 13.2 Å². The molecule has 192 valence electrons. The number of alkyl carbamates (subject to hydrolysis) is 1. The molecule has 1 aromatic carbocycles. The number of para-hydroxylation sites is 1. The molecule has 10 nitrogen and oxygen atoms in total. The van der Waals surface area contributed by atoms with Crippen LogP contribution in [0.25, 0.3) is 0 Å². The van der Waals surface area contributed by atoms with Gasteiger partial charge in [-0.1, -0.05) is 18.2 Å². The maximum Gasteiger partial charge on any atom is 0.412 e. The molecule has 4 amide bonds. The Labute approximate surface area is 202 Å². The van der Waals surface area contributed by atoms with Crippen LogP contribution in [0.15, 0.2) is 30.3 Å². The van der Waals surface area contributed by atoms with Crippen LogP contribution in [-0.4, -0.2) is 74.2 Å². The van der Waals surface area contributed by atoms with E-state index in [1.807, 2.05) is 19.9 Å². The second-order valence-corrected chi connectivity index (χ2v) is 9.16. The summed E-state index contributed by atoms with van der Waals surface area (Å²) in [5, 5.41) is 8.24. The van der Waals surface area contributed by atoms with E-state index in [1.54, 1.807) is 49.9 Å². The van der Waals surface area contributed by atoms with Crippen LogP contribution in [0.2, 0.25) is 0 Å². The first-order chi connectivity index (χ1) is 16.0. The molecule has 0 aliphatic heterocycles. The molecule has 1 aromatic rings. The van der Waals surface area contributed by atoms with Gasteiger partial charge in [-0.2, -0.15) is 0 Å². The number of urea groups is 1. The number of nitrogens with one attached hydrogen (secondary N) is 3. The molecule has 0 fully saturated rings. The number of unbranched alkanes of at least 4 members (excludes halogenated alkanes) is 1. The van der Waals surface area contributed by atoms with Crippen molar-refractivity contribution in [2.75, 3.05) is 38.7 Å². The van der Waals surface area contributed by atoms with Crippen molar-refractivity contribution in [1.29, 1.82) is 0 Å². The smallest absolute Gasteiger partial charge is 0.412 e. The Kier molecular flexibility index (Phi) is 12.8. The molecule has 0 aromatic heterocycles. The van der Waals surface area contributed by atoms with Crippen LogP contribution in [0, 0.1) is 0 Å². The third-order valence-electron chi connectivity index (χ3n) is 4.29. The van der Waals surface area contributed by atoms with Crippen molar-refractivity contribution in [1.82, 2.24) is 15.5 Å². The van der Waals surface area contributed by atoms with E-state index in [0.29, 0.717) is 31.6 Å². The maximum atomic E-state index is 12.7. The lowest BCUT2D eigenvalue weighted by atomic mass is 10.2. The van der Waals surface area contributed by atoms with Crippen LogP contribution in [0.5, 0.6) is 0 Å². The van der Waals surface area contributed by atoms with E-state index in [9.17, 15) is 14.4 Å². The number of methoxy groups -OCH3 is 1. The van der Waals surface area contributed by atoms with Gasteiger partial charge >= 0.3 is 18.2 Å². The molecule has 0 bridgehead atoms. The zero-order chi connectivity index (χ0) is 25.6. The van der Waals surface area contributed by atoms with E-state index >= 15 is 0 Å². The average Bonchev–Trinajstić information content (AvgIpc) is 2.71. The lowest BCUT2D eigenvalue weighted by Gasteiger charge is -2.28. The molecule has 0 radical (unpaired) electrons. The lowest BCUT2D eigenvalue weighted by molar-refractivity contribution is 0.0300. The minimum Gasteiger partial charge on any atom is -0.444 e. The Morgan fingerprint density at radius 3 is 2.29 bits per heavy atom. The van der Waals surface area contributed by atoms with Gasteiger partial charge in [0.2, 0.25) is 0 Å². The average molecular weight is 481 g/mol. The number of nitrogens with zero attached hydrogens (tertiary/aromatic N) is 1. The number of benzene rings is 1. The molecule has 0 aliphatic carbocycles. The first-order valence-corrected chi connectivity index (χ1v) is 11.5. The Bertz CT molecular complexity index is 752. The molecule has 0 aliphatic rings. The second kappa shape index (κ2) is 15.0. The van der Waals surface area contributed by atoms with Crippen molar-refractivity contribution < 1.29 is 28.6 Å². The molecule has 0 saturated carbocycles. The highest BCUT2D eigenvalue weighted by Gasteiger charge is 2.23. The summed E-state index contributed by atoms with van der Waals surface area (Å²) in [7, 11) is 1.51. The third-order valence-corrected chi connectivity index (χ3v) is 4.29. The summed E-state index contributed by atoms with van der Waals surface area (Å²) in [5.41, 5.74) is 0.0504. The number of hydrogen-bond acceptors (Lipinski definition) is 6. The van der Waals surface area contributed by atoms with E-state index in [1.165, 1.54) is 7.11 Å². The highest BCUT2D eigenvalue weighted by Crippen LogP contribution is 2.09. The van der Waals surface area contributed by atoms with Gasteiger partial charge in [0.15, 0.2) is 0 Å². The Balaban J connectivity index is 2.63. The first kappa shape index (κ1) is 29.0. The summed E-state index contributed by atoms with van der Waals surface area (Å²) in [6.07, 6.45) is -0.475. The highest BCUT2D eigenvalue weighted by atomic mass is 16.6. The zero-order valence-corrected chi connectivity index (χ0v) is 21.2. The fourth-order valence-electron chi connectivity index (χ4n) is 2.92. The quantitative estimate of drug-likeness (QED) is 0.390. The van der Waals surface area contributed by atoms with Gasteiger partial charge in [-0.05, 0) is 59.6 Å². The van der Waals surface area contributed by atoms with Crippen LogP contribution in [-0.2, 0) is 14.2 Å². The molecule has 0 saturated heterocycles. The summed E-state index contributed by atoms with van der Waals surface area (Å²) in [6, 6.07) is 8.64. The van der Waals surface area contributed by atoms with Gasteiger partial charge < -0.3 is 29.7 Å². The lowest BCUT2D eigenvalue weighted by Crippen LogP contribution is -2.48. The van der Waals surface area contributed by atoms with Crippen LogP contribution >= 0.6 is 0 Å². The van der Waals surface area contributed by atoms with Crippen LogP contribution < -0.4 is 16.0 Å². The van der Waals surface area contributed by atoms with E-state index < -0.39 is 23.9 Å². The molecule has 34 heavy (non-hydrogen) atoms. The van der Waals surface area contributed by atoms with Crippen molar-refractivity contribution >= 4 is 23.9 Å². The van der Waals surface area contributed by atoms with Gasteiger partial charge in [-0.25, -0.2) is 14.4 Å². The summed E-state index contributed by atoms with van der Waals surface area (Å²) >= 11 is 0. The Morgan fingerprint density at radius 2 is 1.71 bits per heavy atom. The van der Waals surface area contributed by atoms with Gasteiger partial charge in [-0.3, -0.25) is 5.32 Å². The fraction of sp³-hybridized carbons (Fsp3) is 0.625. The molecule has 1 rings (SSSR count). The van der Waals surface area contributed by atoms with Crippen molar-refractivity contribution in [3.8, 4) is 0 Å². The van der Waals surface area contributed by atoms with Gasteiger partial charge in [0, 0.05) is 31.9 Å². The normalized spacial score (nSPS) is 12.0. The Morgan fingerprint density at radius 1 is 1.03 bits per heavy atom. The number of carbonyl (C=O) groups excluding carboxylic acids is 3. The number of rotatable bonds is 12. The molecule has 1 atom stereocenters. The van der Waals surface area contributed by atoms with E-state index in [4.69, 9.17) is 14.2 Å². The van der Waals surface area contributed by atoms with E-state index in [-0.39, 0.29) is 25.2 Å². The molecule has 10 heteroatoms. The SMILES string of the molecule is COC[C@@H](CN(CCCCNC(=O)OC(C)(C)C)C(=O)NC(C)C)OC(=O)Nc1ccccc1. The number of carbonyl (C=O) groups is 3. The maximum absolute atomic E-state index is 12.7. The van der Waals surface area contributed by atoms with Crippen molar-refractivity contribution in [3.63, 3.8) is 0 Å². The molecule has 0 heterocycles. The number of anilines is 1. The van der Waals surface area contributed by atoms with Gasteiger partial charge in [0.25, 0.3) is 0 Å². The fourth-order valence-corrected chi connectivity index (χ4v) is 2.92. The minimum atomic E-state index is -0.661. The highest BCUT2D eigenvalue weighted by molar-refractivity contribution is 5.84. The molecular formula is C24H40N4O6. The second-order valence-electron chi connectivity index (χ2n) is 9.16. The molecule has 0 spiro atoms. The summed E-state index contributed by atoms with van der Waals surface area (Å²) in [6.45, 7) is 10.3. The predicted molar refractivity (Wildman–Crippen MR) is 131 cm³/mol. The number of hydrogen-bond donors (Lipinski definition) is 3. The summed E-state index contributed by atoms with van der Waals surface area (Å²) in [5.74, 6) is 0. The molecular weight excluding hydrogens is 440 g/mol. The third kappa shape index (κ3) is 13.5. The number of amides is 4. The van der Waals surface area contributed by atoms with Gasteiger partial charge in [0.1, 0.15) is 11.7 Å². The van der Waals surface area contributed by atoms with Crippen molar-refractivity contribution in [2.45, 2.75) is 65.2 Å². The zero-order valence-electron chi connectivity index (χ0n) is 21.2. The minimum absolute atomic E-state index is 0.0491. The predicted octanol–water partition coefficient (Wildman–Crippen LogP) is 3.98. The largest absolute Gasteiger partial charge is 0.444 e. The molecule has 0 unspecified atom stereocenters. The van der Waals surface area contributed by atoms with Crippen LogP contribution in [0.4, 0.5) is 20.1 Å².